The lowest BCUT2D eigenvalue weighted by molar-refractivity contribution is 0.0695. The Morgan fingerprint density at radius 1 is 1.30 bits per heavy atom. The fourth-order valence-electron chi connectivity index (χ4n) is 1.90. The lowest BCUT2D eigenvalue weighted by atomic mass is 10.0. The van der Waals surface area contributed by atoms with Crippen molar-refractivity contribution in [1.82, 2.24) is 5.32 Å². The summed E-state index contributed by atoms with van der Waals surface area (Å²) in [6.45, 7) is 1.96. The van der Waals surface area contributed by atoms with Crippen molar-refractivity contribution in [3.8, 4) is 0 Å². The van der Waals surface area contributed by atoms with Crippen molar-refractivity contribution in [3.05, 3.63) is 59.5 Å². The lowest BCUT2D eigenvalue weighted by Crippen LogP contribution is -2.27. The maximum atomic E-state index is 12.0. The molecule has 0 spiro atoms. The smallest absolute Gasteiger partial charge is 0.338 e. The SMILES string of the molecule is CCC(NC(=O)c1cc(C(=O)O)co1)c1ccccc1. The van der Waals surface area contributed by atoms with Gasteiger partial charge in [0.1, 0.15) is 6.26 Å². The second kappa shape index (κ2) is 6.06. The maximum Gasteiger partial charge on any atom is 0.338 e. The third kappa shape index (κ3) is 3.06. The first-order valence-electron chi connectivity index (χ1n) is 6.29. The molecule has 0 radical (unpaired) electrons. The summed E-state index contributed by atoms with van der Waals surface area (Å²) in [5.41, 5.74) is 0.955. The molecule has 0 saturated heterocycles. The molecule has 1 heterocycles. The molecule has 0 aliphatic heterocycles. The van der Waals surface area contributed by atoms with E-state index in [-0.39, 0.29) is 17.4 Å². The normalized spacial score (nSPS) is 11.8. The number of rotatable bonds is 5. The van der Waals surface area contributed by atoms with Gasteiger partial charge in [-0.1, -0.05) is 37.3 Å². The molecule has 1 amide bonds. The van der Waals surface area contributed by atoms with E-state index < -0.39 is 11.9 Å². The predicted molar refractivity (Wildman–Crippen MR) is 72.6 cm³/mol. The van der Waals surface area contributed by atoms with Gasteiger partial charge in [-0.2, -0.15) is 0 Å². The molecule has 1 aromatic carbocycles. The Bertz CT molecular complexity index is 603. The molecule has 5 heteroatoms. The summed E-state index contributed by atoms with van der Waals surface area (Å²) in [7, 11) is 0. The fourth-order valence-corrected chi connectivity index (χ4v) is 1.90. The van der Waals surface area contributed by atoms with Gasteiger partial charge in [-0.3, -0.25) is 4.79 Å². The Hall–Kier alpha value is -2.56. The molecule has 20 heavy (non-hydrogen) atoms. The van der Waals surface area contributed by atoms with Crippen molar-refractivity contribution in [1.29, 1.82) is 0 Å². The highest BCUT2D eigenvalue weighted by Gasteiger charge is 2.18. The lowest BCUT2D eigenvalue weighted by Gasteiger charge is -2.16. The summed E-state index contributed by atoms with van der Waals surface area (Å²) in [5, 5.41) is 11.6. The minimum atomic E-state index is -1.12. The zero-order chi connectivity index (χ0) is 14.5. The van der Waals surface area contributed by atoms with Crippen LogP contribution in [0.4, 0.5) is 0 Å². The van der Waals surface area contributed by atoms with Gasteiger partial charge in [-0.05, 0) is 12.0 Å². The monoisotopic (exact) mass is 273 g/mol. The third-order valence-corrected chi connectivity index (χ3v) is 2.99. The fraction of sp³-hybridized carbons (Fsp3) is 0.200. The summed E-state index contributed by atoms with van der Waals surface area (Å²) in [5.74, 6) is -1.55. The molecule has 1 aromatic heterocycles. The minimum absolute atomic E-state index is 0.00298. The quantitative estimate of drug-likeness (QED) is 0.877. The van der Waals surface area contributed by atoms with E-state index in [9.17, 15) is 9.59 Å². The highest BCUT2D eigenvalue weighted by Crippen LogP contribution is 2.17. The Morgan fingerprint density at radius 3 is 2.55 bits per heavy atom. The van der Waals surface area contributed by atoms with Gasteiger partial charge in [-0.25, -0.2) is 4.79 Å². The van der Waals surface area contributed by atoms with Gasteiger partial charge in [0.05, 0.1) is 11.6 Å². The molecule has 5 nitrogen and oxygen atoms in total. The predicted octanol–water partition coefficient (Wildman–Crippen LogP) is 2.86. The molecule has 2 aromatic rings. The Morgan fingerprint density at radius 2 is 2.00 bits per heavy atom. The highest BCUT2D eigenvalue weighted by molar-refractivity contribution is 5.95. The Kier molecular flexibility index (Phi) is 4.20. The number of nitrogens with one attached hydrogen (secondary N) is 1. The first-order valence-corrected chi connectivity index (χ1v) is 6.29. The van der Waals surface area contributed by atoms with Crippen molar-refractivity contribution in [2.45, 2.75) is 19.4 Å². The van der Waals surface area contributed by atoms with Crippen molar-refractivity contribution >= 4 is 11.9 Å². The number of aromatic carboxylic acids is 1. The molecule has 2 rings (SSSR count). The average Bonchev–Trinajstić information content (AvgIpc) is 2.95. The molecule has 2 N–H and O–H groups in total. The Balaban J connectivity index is 2.11. The van der Waals surface area contributed by atoms with Gasteiger partial charge in [0.25, 0.3) is 5.91 Å². The summed E-state index contributed by atoms with van der Waals surface area (Å²) >= 11 is 0. The van der Waals surface area contributed by atoms with Gasteiger partial charge in [0.2, 0.25) is 0 Å². The molecule has 104 valence electrons. The molecule has 1 unspecified atom stereocenters. The number of carbonyl (C=O) groups is 2. The number of carboxylic acid groups (broad SMARTS) is 1. The van der Waals surface area contributed by atoms with Crippen LogP contribution in [0.3, 0.4) is 0 Å². The topological polar surface area (TPSA) is 79.5 Å². The molecule has 0 bridgehead atoms. The number of carbonyl (C=O) groups excluding carboxylic acids is 1. The highest BCUT2D eigenvalue weighted by atomic mass is 16.4. The van der Waals surface area contributed by atoms with Crippen LogP contribution >= 0.6 is 0 Å². The molecule has 0 saturated carbocycles. The van der Waals surface area contributed by atoms with Gasteiger partial charge in [0, 0.05) is 6.07 Å². The van der Waals surface area contributed by atoms with Gasteiger partial charge >= 0.3 is 5.97 Å². The van der Waals surface area contributed by atoms with Crippen molar-refractivity contribution < 1.29 is 19.1 Å². The van der Waals surface area contributed by atoms with Crippen molar-refractivity contribution in [2.75, 3.05) is 0 Å². The van der Waals surface area contributed by atoms with Crippen LogP contribution in [-0.4, -0.2) is 17.0 Å². The molecular weight excluding hydrogens is 258 g/mol. The van der Waals surface area contributed by atoms with Crippen LogP contribution in [0.25, 0.3) is 0 Å². The van der Waals surface area contributed by atoms with E-state index in [0.29, 0.717) is 0 Å². The zero-order valence-corrected chi connectivity index (χ0v) is 11.0. The van der Waals surface area contributed by atoms with Gasteiger partial charge < -0.3 is 14.8 Å². The van der Waals surface area contributed by atoms with Gasteiger partial charge in [0.15, 0.2) is 5.76 Å². The van der Waals surface area contributed by atoms with Crippen LogP contribution in [0.15, 0.2) is 47.1 Å². The minimum Gasteiger partial charge on any atom is -0.478 e. The van der Waals surface area contributed by atoms with Crippen molar-refractivity contribution in [3.63, 3.8) is 0 Å². The summed E-state index contributed by atoms with van der Waals surface area (Å²) < 4.78 is 4.98. The van der Waals surface area contributed by atoms with Crippen LogP contribution < -0.4 is 5.32 Å². The van der Waals surface area contributed by atoms with E-state index in [1.54, 1.807) is 0 Å². The van der Waals surface area contributed by atoms with Crippen LogP contribution in [0.5, 0.6) is 0 Å². The zero-order valence-electron chi connectivity index (χ0n) is 11.0. The first-order chi connectivity index (χ1) is 9.61. The average molecular weight is 273 g/mol. The molecular formula is C15H15NO4. The van der Waals surface area contributed by atoms with E-state index in [2.05, 4.69) is 5.32 Å². The molecule has 0 aliphatic carbocycles. The van der Waals surface area contributed by atoms with E-state index in [1.165, 1.54) is 6.07 Å². The number of hydrogen-bond donors (Lipinski definition) is 2. The maximum absolute atomic E-state index is 12.0. The van der Waals surface area contributed by atoms with E-state index in [1.807, 2.05) is 37.3 Å². The number of amides is 1. The number of furan rings is 1. The first kappa shape index (κ1) is 13.9. The van der Waals surface area contributed by atoms with E-state index >= 15 is 0 Å². The molecule has 0 aliphatic rings. The van der Waals surface area contributed by atoms with Crippen LogP contribution in [0.1, 0.15) is 45.9 Å². The number of benzene rings is 1. The summed E-state index contributed by atoms with van der Waals surface area (Å²) in [4.78, 5) is 22.8. The van der Waals surface area contributed by atoms with Crippen LogP contribution in [0, 0.1) is 0 Å². The van der Waals surface area contributed by atoms with E-state index in [0.717, 1.165) is 18.2 Å². The summed E-state index contributed by atoms with van der Waals surface area (Å²) in [6.07, 6.45) is 1.78. The number of hydrogen-bond acceptors (Lipinski definition) is 3. The van der Waals surface area contributed by atoms with Crippen molar-refractivity contribution in [2.24, 2.45) is 0 Å². The van der Waals surface area contributed by atoms with Crippen LogP contribution in [0.2, 0.25) is 0 Å². The van der Waals surface area contributed by atoms with E-state index in [4.69, 9.17) is 9.52 Å². The second-order valence-electron chi connectivity index (χ2n) is 4.35. The summed E-state index contributed by atoms with van der Waals surface area (Å²) in [6, 6.07) is 10.7. The largest absolute Gasteiger partial charge is 0.478 e. The third-order valence-electron chi connectivity index (χ3n) is 2.99. The number of carboxylic acids is 1. The van der Waals surface area contributed by atoms with Crippen LogP contribution in [-0.2, 0) is 0 Å². The van der Waals surface area contributed by atoms with Gasteiger partial charge in [-0.15, -0.1) is 0 Å². The Labute approximate surface area is 116 Å². The molecule has 0 fully saturated rings. The second-order valence-corrected chi connectivity index (χ2v) is 4.35. The standard InChI is InChI=1S/C15H15NO4/c1-2-12(10-6-4-3-5-7-10)16-14(17)13-8-11(9-20-13)15(18)19/h3-9,12H,2H2,1H3,(H,16,17)(H,18,19). The molecule has 1 atom stereocenters.